The van der Waals surface area contributed by atoms with Crippen LogP contribution in [0.4, 0.5) is 15.8 Å². The zero-order chi connectivity index (χ0) is 14.2. The molecule has 0 radical (unpaired) electrons. The molecule has 0 atom stereocenters. The molecule has 0 unspecified atom stereocenters. The van der Waals surface area contributed by atoms with E-state index in [1.807, 2.05) is 0 Å². The molecule has 19 heavy (non-hydrogen) atoms. The van der Waals surface area contributed by atoms with Gasteiger partial charge in [0.25, 0.3) is 5.91 Å². The summed E-state index contributed by atoms with van der Waals surface area (Å²) in [5.74, 6) is -0.973. The Morgan fingerprint density at radius 2 is 2.21 bits per heavy atom. The first kappa shape index (κ1) is 13.4. The molecule has 0 spiro atoms. The van der Waals surface area contributed by atoms with Crippen molar-refractivity contribution in [3.05, 3.63) is 40.4 Å². The van der Waals surface area contributed by atoms with E-state index in [4.69, 9.17) is 17.3 Å². The molecule has 0 aliphatic heterocycles. The maximum absolute atomic E-state index is 13.0. The first-order chi connectivity index (χ1) is 8.90. The Hall–Kier alpha value is -2.08. The van der Waals surface area contributed by atoms with Crippen molar-refractivity contribution in [1.29, 1.82) is 0 Å². The van der Waals surface area contributed by atoms with Crippen molar-refractivity contribution >= 4 is 28.9 Å². The van der Waals surface area contributed by atoms with Gasteiger partial charge >= 0.3 is 0 Å². The van der Waals surface area contributed by atoms with Gasteiger partial charge in [-0.1, -0.05) is 11.6 Å². The number of rotatable bonds is 2. The average molecular weight is 283 g/mol. The monoisotopic (exact) mass is 282 g/mol. The zero-order valence-electron chi connectivity index (χ0n) is 10.4. The molecule has 1 aromatic heterocycles. The van der Waals surface area contributed by atoms with E-state index < -0.39 is 11.7 Å². The molecule has 1 aromatic carbocycles. The fourth-order valence-electron chi connectivity index (χ4n) is 1.71. The Labute approximate surface area is 114 Å². The third-order valence-electron chi connectivity index (χ3n) is 2.66. The lowest BCUT2D eigenvalue weighted by Gasteiger charge is -2.07. The molecule has 2 aromatic rings. The molecule has 0 saturated carbocycles. The molecule has 5 nitrogen and oxygen atoms in total. The van der Waals surface area contributed by atoms with Crippen molar-refractivity contribution in [3.8, 4) is 0 Å². The summed E-state index contributed by atoms with van der Waals surface area (Å²) in [6.07, 6.45) is 0. The summed E-state index contributed by atoms with van der Waals surface area (Å²) in [6.45, 7) is 1.71. The molecule has 100 valence electrons. The van der Waals surface area contributed by atoms with Gasteiger partial charge in [0.2, 0.25) is 0 Å². The van der Waals surface area contributed by atoms with Crippen molar-refractivity contribution < 1.29 is 9.18 Å². The van der Waals surface area contributed by atoms with Crippen LogP contribution in [0.15, 0.2) is 18.2 Å². The third kappa shape index (κ3) is 2.53. The van der Waals surface area contributed by atoms with E-state index in [1.165, 1.54) is 22.9 Å². The quantitative estimate of drug-likeness (QED) is 0.888. The second-order valence-electron chi connectivity index (χ2n) is 4.05. The van der Waals surface area contributed by atoms with E-state index >= 15 is 0 Å². The Morgan fingerprint density at radius 1 is 1.53 bits per heavy atom. The molecule has 1 heterocycles. The highest BCUT2D eigenvalue weighted by Crippen LogP contribution is 2.21. The van der Waals surface area contributed by atoms with E-state index in [9.17, 15) is 9.18 Å². The Kier molecular flexibility index (Phi) is 3.44. The van der Waals surface area contributed by atoms with Crippen LogP contribution in [-0.4, -0.2) is 15.7 Å². The number of benzene rings is 1. The number of aryl methyl sites for hydroxylation is 2. The molecular weight excluding hydrogens is 271 g/mol. The molecule has 1 amide bonds. The molecule has 0 bridgehead atoms. The first-order valence-corrected chi connectivity index (χ1v) is 5.83. The van der Waals surface area contributed by atoms with Gasteiger partial charge in [0.1, 0.15) is 11.5 Å². The topological polar surface area (TPSA) is 72.9 Å². The zero-order valence-corrected chi connectivity index (χ0v) is 11.1. The summed E-state index contributed by atoms with van der Waals surface area (Å²) in [5.41, 5.74) is 7.30. The summed E-state index contributed by atoms with van der Waals surface area (Å²) in [7, 11) is 1.62. The van der Waals surface area contributed by atoms with E-state index in [1.54, 1.807) is 14.0 Å². The number of nitrogens with one attached hydrogen (secondary N) is 1. The predicted octanol–water partition coefficient (Wildman–Crippen LogP) is 2.36. The second kappa shape index (κ2) is 4.89. The van der Waals surface area contributed by atoms with Gasteiger partial charge in [-0.15, -0.1) is 0 Å². The SMILES string of the molecule is Cc1nn(C)c(C(=O)Nc2ccc(F)c(Cl)c2)c1N. The summed E-state index contributed by atoms with van der Waals surface area (Å²) in [5, 5.41) is 6.58. The lowest BCUT2D eigenvalue weighted by Crippen LogP contribution is -2.17. The maximum atomic E-state index is 13.0. The molecule has 3 N–H and O–H groups in total. The Balaban J connectivity index is 2.28. The highest BCUT2D eigenvalue weighted by Gasteiger charge is 2.18. The van der Waals surface area contributed by atoms with Crippen molar-refractivity contribution in [2.24, 2.45) is 7.05 Å². The van der Waals surface area contributed by atoms with Crippen LogP contribution in [-0.2, 0) is 7.05 Å². The van der Waals surface area contributed by atoms with Crippen LogP contribution in [0.2, 0.25) is 5.02 Å². The van der Waals surface area contributed by atoms with Crippen LogP contribution in [0.3, 0.4) is 0 Å². The van der Waals surface area contributed by atoms with E-state index in [-0.39, 0.29) is 10.7 Å². The number of carbonyl (C=O) groups is 1. The fraction of sp³-hybridized carbons (Fsp3) is 0.167. The lowest BCUT2D eigenvalue weighted by molar-refractivity contribution is 0.101. The van der Waals surface area contributed by atoms with Crippen LogP contribution in [0.1, 0.15) is 16.2 Å². The number of carbonyl (C=O) groups excluding carboxylic acids is 1. The van der Waals surface area contributed by atoms with Crippen LogP contribution in [0.5, 0.6) is 0 Å². The summed E-state index contributed by atoms with van der Waals surface area (Å²) < 4.78 is 14.4. The van der Waals surface area contributed by atoms with Crippen LogP contribution in [0, 0.1) is 12.7 Å². The number of nitrogens with zero attached hydrogens (tertiary/aromatic N) is 2. The van der Waals surface area contributed by atoms with Gasteiger partial charge in [0, 0.05) is 12.7 Å². The molecule has 2 rings (SSSR count). The molecule has 0 fully saturated rings. The van der Waals surface area contributed by atoms with E-state index in [2.05, 4.69) is 10.4 Å². The van der Waals surface area contributed by atoms with Gasteiger partial charge in [-0.25, -0.2) is 4.39 Å². The number of hydrogen-bond acceptors (Lipinski definition) is 3. The van der Waals surface area contributed by atoms with Crippen LogP contribution in [0.25, 0.3) is 0 Å². The first-order valence-electron chi connectivity index (χ1n) is 5.45. The van der Waals surface area contributed by atoms with Crippen LogP contribution >= 0.6 is 11.6 Å². The van der Waals surface area contributed by atoms with Crippen molar-refractivity contribution in [1.82, 2.24) is 9.78 Å². The van der Waals surface area contributed by atoms with Gasteiger partial charge in [-0.05, 0) is 25.1 Å². The minimum absolute atomic E-state index is 0.0630. The van der Waals surface area contributed by atoms with E-state index in [0.717, 1.165) is 0 Å². The minimum atomic E-state index is -0.546. The Bertz CT molecular complexity index is 653. The fourth-order valence-corrected chi connectivity index (χ4v) is 1.89. The highest BCUT2D eigenvalue weighted by atomic mass is 35.5. The third-order valence-corrected chi connectivity index (χ3v) is 2.95. The second-order valence-corrected chi connectivity index (χ2v) is 4.46. The van der Waals surface area contributed by atoms with Crippen LogP contribution < -0.4 is 11.1 Å². The van der Waals surface area contributed by atoms with Gasteiger partial charge in [0.05, 0.1) is 16.4 Å². The van der Waals surface area contributed by atoms with Crippen molar-refractivity contribution in [2.45, 2.75) is 6.92 Å². The normalized spacial score (nSPS) is 10.5. The van der Waals surface area contributed by atoms with Gasteiger partial charge < -0.3 is 11.1 Å². The highest BCUT2D eigenvalue weighted by molar-refractivity contribution is 6.31. The molecule has 0 aliphatic carbocycles. The van der Waals surface area contributed by atoms with E-state index in [0.29, 0.717) is 17.1 Å². The molecular formula is C12H12ClFN4O. The average Bonchev–Trinajstić information content (AvgIpc) is 2.58. The number of amides is 1. The van der Waals surface area contributed by atoms with Gasteiger partial charge in [0.15, 0.2) is 0 Å². The van der Waals surface area contributed by atoms with Crippen molar-refractivity contribution in [3.63, 3.8) is 0 Å². The lowest BCUT2D eigenvalue weighted by atomic mass is 10.2. The molecule has 0 aliphatic rings. The number of nitrogen functional groups attached to an aromatic ring is 1. The largest absolute Gasteiger partial charge is 0.395 e. The van der Waals surface area contributed by atoms with Gasteiger partial charge in [-0.3, -0.25) is 9.48 Å². The van der Waals surface area contributed by atoms with Gasteiger partial charge in [-0.2, -0.15) is 5.10 Å². The summed E-state index contributed by atoms with van der Waals surface area (Å²) >= 11 is 5.64. The van der Waals surface area contributed by atoms with Crippen molar-refractivity contribution in [2.75, 3.05) is 11.1 Å². The standard InChI is InChI=1S/C12H12ClFN4O/c1-6-10(15)11(18(2)17-6)12(19)16-7-3-4-9(14)8(13)5-7/h3-5H,15H2,1-2H3,(H,16,19). The Morgan fingerprint density at radius 3 is 2.74 bits per heavy atom. The number of nitrogens with two attached hydrogens (primary N) is 1. The molecule has 0 saturated heterocycles. The summed E-state index contributed by atoms with van der Waals surface area (Å²) in [4.78, 5) is 12.1. The molecule has 7 heteroatoms. The predicted molar refractivity (Wildman–Crippen MR) is 71.7 cm³/mol. The number of hydrogen-bond donors (Lipinski definition) is 2. The summed E-state index contributed by atoms with van der Waals surface area (Å²) in [6, 6.07) is 3.92. The maximum Gasteiger partial charge on any atom is 0.276 e. The number of halogens is 2. The number of aromatic nitrogens is 2. The smallest absolute Gasteiger partial charge is 0.276 e. The number of anilines is 2. The minimum Gasteiger partial charge on any atom is -0.395 e.